The lowest BCUT2D eigenvalue weighted by molar-refractivity contribution is 0.0500. The number of carbonyl (C=O) groups excluding carboxylic acids is 1. The fourth-order valence-corrected chi connectivity index (χ4v) is 2.64. The molecule has 1 amide bonds. The highest BCUT2D eigenvalue weighted by molar-refractivity contribution is 6.31. The van der Waals surface area contributed by atoms with Crippen LogP contribution in [-0.4, -0.2) is 35.8 Å². The van der Waals surface area contributed by atoms with Crippen LogP contribution in [0.4, 0.5) is 10.6 Å². The van der Waals surface area contributed by atoms with E-state index in [0.717, 1.165) is 19.4 Å². The van der Waals surface area contributed by atoms with Gasteiger partial charge >= 0.3 is 6.09 Å². The first kappa shape index (κ1) is 17.4. The van der Waals surface area contributed by atoms with Crippen molar-refractivity contribution in [2.75, 3.05) is 18.0 Å². The van der Waals surface area contributed by atoms with E-state index in [-0.39, 0.29) is 6.04 Å². The number of anilines is 1. The maximum Gasteiger partial charge on any atom is 0.407 e. The Morgan fingerprint density at radius 3 is 2.91 bits per heavy atom. The van der Waals surface area contributed by atoms with Gasteiger partial charge in [-0.2, -0.15) is 5.26 Å². The van der Waals surface area contributed by atoms with E-state index in [0.29, 0.717) is 22.9 Å². The van der Waals surface area contributed by atoms with Gasteiger partial charge in [0.25, 0.3) is 0 Å². The number of carbonyl (C=O) groups is 1. The minimum Gasteiger partial charge on any atom is -0.444 e. The number of alkyl carbamates (subject to hydrolysis) is 1. The Labute approximate surface area is 141 Å². The number of aromatic nitrogens is 1. The molecule has 0 spiro atoms. The fourth-order valence-electron chi connectivity index (χ4n) is 2.45. The third-order valence-corrected chi connectivity index (χ3v) is 3.74. The van der Waals surface area contributed by atoms with Gasteiger partial charge in [0.1, 0.15) is 17.5 Å². The van der Waals surface area contributed by atoms with Crippen molar-refractivity contribution in [2.45, 2.75) is 45.3 Å². The van der Waals surface area contributed by atoms with E-state index in [1.165, 1.54) is 6.20 Å². The number of halogens is 1. The van der Waals surface area contributed by atoms with Crippen LogP contribution < -0.4 is 10.2 Å². The first-order chi connectivity index (χ1) is 10.8. The Bertz CT molecular complexity index is 621. The summed E-state index contributed by atoms with van der Waals surface area (Å²) in [6, 6.07) is 3.68. The molecule has 1 fully saturated rings. The number of ether oxygens (including phenoxy) is 1. The van der Waals surface area contributed by atoms with Crippen LogP contribution in [0.1, 0.15) is 39.2 Å². The van der Waals surface area contributed by atoms with Gasteiger partial charge in [-0.1, -0.05) is 11.6 Å². The number of hydrogen-bond acceptors (Lipinski definition) is 5. The second-order valence-corrected chi connectivity index (χ2v) is 6.97. The Morgan fingerprint density at radius 1 is 1.57 bits per heavy atom. The first-order valence-corrected chi connectivity index (χ1v) is 7.96. The summed E-state index contributed by atoms with van der Waals surface area (Å²) >= 11 is 6.06. The van der Waals surface area contributed by atoms with E-state index in [4.69, 9.17) is 21.6 Å². The van der Waals surface area contributed by atoms with Gasteiger partial charge in [-0.3, -0.25) is 0 Å². The van der Waals surface area contributed by atoms with Crippen LogP contribution in [-0.2, 0) is 4.74 Å². The summed E-state index contributed by atoms with van der Waals surface area (Å²) in [6.07, 6.45) is 2.89. The van der Waals surface area contributed by atoms with Crippen LogP contribution in [0, 0.1) is 11.3 Å². The van der Waals surface area contributed by atoms with Gasteiger partial charge in [0.2, 0.25) is 0 Å². The number of rotatable bonds is 2. The van der Waals surface area contributed by atoms with Gasteiger partial charge in [0.05, 0.1) is 10.6 Å². The molecule has 1 saturated heterocycles. The Kier molecular flexibility index (Phi) is 5.32. The molecule has 1 N–H and O–H groups in total. The van der Waals surface area contributed by atoms with E-state index in [1.54, 1.807) is 6.07 Å². The summed E-state index contributed by atoms with van der Waals surface area (Å²) < 4.78 is 5.29. The lowest BCUT2D eigenvalue weighted by atomic mass is 10.1. The van der Waals surface area contributed by atoms with E-state index < -0.39 is 11.7 Å². The van der Waals surface area contributed by atoms with Crippen molar-refractivity contribution in [3.05, 3.63) is 22.8 Å². The van der Waals surface area contributed by atoms with Crippen LogP contribution >= 0.6 is 11.6 Å². The van der Waals surface area contributed by atoms with E-state index in [2.05, 4.69) is 15.2 Å². The van der Waals surface area contributed by atoms with Gasteiger partial charge in [0.15, 0.2) is 0 Å². The summed E-state index contributed by atoms with van der Waals surface area (Å²) in [5.74, 6) is 0.713. The average molecular weight is 337 g/mol. The molecule has 0 bridgehead atoms. The lowest BCUT2D eigenvalue weighted by Crippen LogP contribution is -2.49. The Hall–Kier alpha value is -2.00. The summed E-state index contributed by atoms with van der Waals surface area (Å²) in [6.45, 7) is 6.98. The van der Waals surface area contributed by atoms with Crippen molar-refractivity contribution in [1.82, 2.24) is 10.3 Å². The summed E-state index contributed by atoms with van der Waals surface area (Å²) in [5, 5.41) is 12.2. The lowest BCUT2D eigenvalue weighted by Gasteiger charge is -2.34. The molecule has 0 aromatic carbocycles. The molecular formula is C16H21ClN4O2. The monoisotopic (exact) mass is 336 g/mol. The fraction of sp³-hybridized carbons (Fsp3) is 0.562. The third kappa shape index (κ3) is 5.00. The molecule has 2 heterocycles. The zero-order valence-electron chi connectivity index (χ0n) is 13.6. The van der Waals surface area contributed by atoms with Crippen molar-refractivity contribution in [2.24, 2.45) is 0 Å². The molecule has 7 heteroatoms. The van der Waals surface area contributed by atoms with Crippen molar-refractivity contribution < 1.29 is 9.53 Å². The first-order valence-electron chi connectivity index (χ1n) is 7.58. The summed E-state index contributed by atoms with van der Waals surface area (Å²) in [4.78, 5) is 18.2. The molecule has 1 aliphatic rings. The molecule has 0 saturated carbocycles. The standard InChI is InChI=1S/C16H21ClN4O2/c1-16(2,3)23-15(22)20-12-5-4-6-21(10-12)14-7-13(17)11(8-18)9-19-14/h7,9,12H,4-6,10H2,1-3H3,(H,20,22)/t12-/m1/s1. The van der Waals surface area contributed by atoms with Crippen molar-refractivity contribution >= 4 is 23.5 Å². The van der Waals surface area contributed by atoms with Crippen LogP contribution in [0.2, 0.25) is 5.02 Å². The molecule has 2 rings (SSSR count). The number of pyridine rings is 1. The number of amides is 1. The normalized spacial score (nSPS) is 18.2. The zero-order chi connectivity index (χ0) is 17.0. The molecule has 1 aromatic heterocycles. The second-order valence-electron chi connectivity index (χ2n) is 6.57. The van der Waals surface area contributed by atoms with Crippen LogP contribution in [0.15, 0.2) is 12.3 Å². The minimum atomic E-state index is -0.513. The number of piperidine rings is 1. The number of nitrogens with one attached hydrogen (secondary N) is 1. The van der Waals surface area contributed by atoms with Crippen molar-refractivity contribution in [1.29, 1.82) is 5.26 Å². The second kappa shape index (κ2) is 7.05. The molecule has 0 radical (unpaired) electrons. The number of hydrogen-bond donors (Lipinski definition) is 1. The van der Waals surface area contributed by atoms with Gasteiger partial charge in [0, 0.05) is 31.4 Å². The van der Waals surface area contributed by atoms with Gasteiger partial charge in [-0.25, -0.2) is 9.78 Å². The quantitative estimate of drug-likeness (QED) is 0.897. The van der Waals surface area contributed by atoms with Gasteiger partial charge in [-0.15, -0.1) is 0 Å². The molecule has 23 heavy (non-hydrogen) atoms. The molecule has 124 valence electrons. The highest BCUT2D eigenvalue weighted by Crippen LogP contribution is 2.23. The predicted molar refractivity (Wildman–Crippen MR) is 88.6 cm³/mol. The van der Waals surface area contributed by atoms with E-state index in [9.17, 15) is 4.79 Å². The van der Waals surface area contributed by atoms with E-state index >= 15 is 0 Å². The number of nitriles is 1. The molecular weight excluding hydrogens is 316 g/mol. The third-order valence-electron chi connectivity index (χ3n) is 3.43. The van der Waals surface area contributed by atoms with Crippen LogP contribution in [0.3, 0.4) is 0 Å². The highest BCUT2D eigenvalue weighted by atomic mass is 35.5. The molecule has 6 nitrogen and oxygen atoms in total. The van der Waals surface area contributed by atoms with Crippen LogP contribution in [0.5, 0.6) is 0 Å². The largest absolute Gasteiger partial charge is 0.444 e. The van der Waals surface area contributed by atoms with E-state index in [1.807, 2.05) is 26.8 Å². The maximum atomic E-state index is 11.9. The predicted octanol–water partition coefficient (Wildman–Crippen LogP) is 3.10. The topological polar surface area (TPSA) is 78.2 Å². The maximum absolute atomic E-state index is 11.9. The molecule has 0 unspecified atom stereocenters. The van der Waals surface area contributed by atoms with Gasteiger partial charge in [-0.05, 0) is 33.6 Å². The minimum absolute atomic E-state index is 0.00480. The van der Waals surface area contributed by atoms with Crippen LogP contribution in [0.25, 0.3) is 0 Å². The SMILES string of the molecule is CC(C)(C)OC(=O)N[C@@H]1CCCN(c2cc(Cl)c(C#N)cn2)C1. The summed E-state index contributed by atoms with van der Waals surface area (Å²) in [5.41, 5.74) is -0.156. The van der Waals surface area contributed by atoms with Gasteiger partial charge < -0.3 is 15.0 Å². The Morgan fingerprint density at radius 2 is 2.30 bits per heavy atom. The smallest absolute Gasteiger partial charge is 0.407 e. The zero-order valence-corrected chi connectivity index (χ0v) is 14.4. The number of nitrogens with zero attached hydrogens (tertiary/aromatic N) is 3. The molecule has 0 aliphatic carbocycles. The van der Waals surface area contributed by atoms with Crippen molar-refractivity contribution in [3.8, 4) is 6.07 Å². The summed E-state index contributed by atoms with van der Waals surface area (Å²) in [7, 11) is 0. The molecule has 1 atom stereocenters. The Balaban J connectivity index is 1.99. The molecule has 1 aliphatic heterocycles. The average Bonchev–Trinajstić information content (AvgIpc) is 2.45. The molecule has 1 aromatic rings. The highest BCUT2D eigenvalue weighted by Gasteiger charge is 2.25. The van der Waals surface area contributed by atoms with Crippen molar-refractivity contribution in [3.63, 3.8) is 0 Å².